The lowest BCUT2D eigenvalue weighted by molar-refractivity contribution is 0.0497. The van der Waals surface area contributed by atoms with Crippen molar-refractivity contribution in [1.82, 2.24) is 0 Å². The third-order valence-electron chi connectivity index (χ3n) is 2.62. The van der Waals surface area contributed by atoms with E-state index in [0.29, 0.717) is 12.2 Å². The van der Waals surface area contributed by atoms with Crippen LogP contribution in [-0.4, -0.2) is 12.6 Å². The molecule has 0 amide bonds. The first kappa shape index (κ1) is 14.2. The molecule has 3 heteroatoms. The number of hydrogen-bond acceptors (Lipinski definition) is 2. The van der Waals surface area contributed by atoms with Crippen LogP contribution in [0.4, 0.5) is 0 Å². The van der Waals surface area contributed by atoms with Crippen LogP contribution in [-0.2, 0) is 4.74 Å². The number of rotatable bonds is 6. The topological polar surface area (TPSA) is 26.3 Å². The third kappa shape index (κ3) is 4.90. The summed E-state index contributed by atoms with van der Waals surface area (Å²) in [6.07, 6.45) is 4.48. The van der Waals surface area contributed by atoms with Crippen molar-refractivity contribution in [3.8, 4) is 0 Å². The molecule has 1 aromatic rings. The molecule has 94 valence electrons. The molecule has 0 N–H and O–H groups in total. The predicted octanol–water partition coefficient (Wildman–Crippen LogP) is 4.49. The minimum Gasteiger partial charge on any atom is -0.462 e. The van der Waals surface area contributed by atoms with E-state index in [2.05, 4.69) is 22.9 Å². The molecule has 1 aromatic carbocycles. The molecular weight excluding hydrogens is 280 g/mol. The molecule has 0 spiro atoms. The summed E-state index contributed by atoms with van der Waals surface area (Å²) < 4.78 is 6.23. The number of unbranched alkanes of at least 4 members (excludes halogenated alkanes) is 3. The van der Waals surface area contributed by atoms with Gasteiger partial charge in [0.05, 0.1) is 12.2 Å². The van der Waals surface area contributed by atoms with Crippen molar-refractivity contribution in [2.75, 3.05) is 6.61 Å². The average molecular weight is 299 g/mol. The first-order chi connectivity index (χ1) is 8.15. The number of benzene rings is 1. The van der Waals surface area contributed by atoms with Gasteiger partial charge in [0.2, 0.25) is 0 Å². The minimum absolute atomic E-state index is 0.225. The highest BCUT2D eigenvalue weighted by molar-refractivity contribution is 9.10. The van der Waals surface area contributed by atoms with E-state index < -0.39 is 0 Å². The maximum atomic E-state index is 11.7. The lowest BCUT2D eigenvalue weighted by Crippen LogP contribution is -2.06. The van der Waals surface area contributed by atoms with E-state index in [-0.39, 0.29) is 5.97 Å². The molecule has 0 atom stereocenters. The van der Waals surface area contributed by atoms with Crippen LogP contribution in [0.3, 0.4) is 0 Å². The number of carbonyl (C=O) groups excluding carboxylic acids is 1. The predicted molar refractivity (Wildman–Crippen MR) is 73.3 cm³/mol. The van der Waals surface area contributed by atoms with E-state index in [1.165, 1.54) is 12.8 Å². The SMILES string of the molecule is CCCCCCOC(=O)c1ccc(Br)c(C)c1. The standard InChI is InChI=1S/C14H19BrO2/c1-3-4-5-6-9-17-14(16)12-7-8-13(15)11(2)10-12/h7-8,10H,3-6,9H2,1-2H3. The Labute approximate surface area is 111 Å². The molecule has 0 fully saturated rings. The first-order valence-electron chi connectivity index (χ1n) is 6.08. The number of aryl methyl sites for hydroxylation is 1. The molecule has 0 saturated carbocycles. The summed E-state index contributed by atoms with van der Waals surface area (Å²) in [7, 11) is 0. The van der Waals surface area contributed by atoms with Gasteiger partial charge in [-0.2, -0.15) is 0 Å². The van der Waals surface area contributed by atoms with Gasteiger partial charge in [-0.15, -0.1) is 0 Å². The van der Waals surface area contributed by atoms with Crippen molar-refractivity contribution < 1.29 is 9.53 Å². The molecule has 1 rings (SSSR count). The van der Waals surface area contributed by atoms with Crippen LogP contribution in [0.25, 0.3) is 0 Å². The summed E-state index contributed by atoms with van der Waals surface area (Å²) in [6.45, 7) is 4.65. The van der Waals surface area contributed by atoms with E-state index >= 15 is 0 Å². The Balaban J connectivity index is 2.39. The number of carbonyl (C=O) groups is 1. The molecule has 17 heavy (non-hydrogen) atoms. The monoisotopic (exact) mass is 298 g/mol. The Morgan fingerprint density at radius 2 is 2.06 bits per heavy atom. The molecule has 0 aromatic heterocycles. The molecular formula is C14H19BrO2. The summed E-state index contributed by atoms with van der Waals surface area (Å²) in [6, 6.07) is 5.51. The Kier molecular flexibility index (Phi) is 6.27. The molecule has 0 aliphatic carbocycles. The highest BCUT2D eigenvalue weighted by Crippen LogP contribution is 2.17. The van der Waals surface area contributed by atoms with Crippen LogP contribution >= 0.6 is 15.9 Å². The Bertz CT molecular complexity index is 374. The number of esters is 1. The van der Waals surface area contributed by atoms with E-state index in [1.54, 1.807) is 6.07 Å². The number of ether oxygens (including phenoxy) is 1. The van der Waals surface area contributed by atoms with Crippen LogP contribution in [0, 0.1) is 6.92 Å². The molecule has 0 saturated heterocycles. The van der Waals surface area contributed by atoms with Gasteiger partial charge in [-0.25, -0.2) is 4.79 Å². The first-order valence-corrected chi connectivity index (χ1v) is 6.87. The highest BCUT2D eigenvalue weighted by Gasteiger charge is 2.07. The number of hydrogen-bond donors (Lipinski definition) is 0. The van der Waals surface area contributed by atoms with Crippen molar-refractivity contribution in [2.45, 2.75) is 39.5 Å². The molecule has 0 aliphatic heterocycles. The molecule has 0 heterocycles. The average Bonchev–Trinajstić information content (AvgIpc) is 2.32. The fourth-order valence-corrected chi connectivity index (χ4v) is 1.80. The quantitative estimate of drug-likeness (QED) is 0.571. The van der Waals surface area contributed by atoms with Crippen LogP contribution in [0.15, 0.2) is 22.7 Å². The summed E-state index contributed by atoms with van der Waals surface area (Å²) in [4.78, 5) is 11.7. The van der Waals surface area contributed by atoms with Crippen molar-refractivity contribution in [3.63, 3.8) is 0 Å². The molecule has 0 bridgehead atoms. The van der Waals surface area contributed by atoms with Gasteiger partial charge in [-0.1, -0.05) is 42.1 Å². The van der Waals surface area contributed by atoms with Gasteiger partial charge in [-0.05, 0) is 37.1 Å². The second kappa shape index (κ2) is 7.49. The number of halogens is 1. The third-order valence-corrected chi connectivity index (χ3v) is 3.51. The fraction of sp³-hybridized carbons (Fsp3) is 0.500. The van der Waals surface area contributed by atoms with Crippen LogP contribution in [0.5, 0.6) is 0 Å². The normalized spacial score (nSPS) is 10.3. The van der Waals surface area contributed by atoms with Gasteiger partial charge in [0.15, 0.2) is 0 Å². The lowest BCUT2D eigenvalue weighted by atomic mass is 10.1. The van der Waals surface area contributed by atoms with Gasteiger partial charge in [0.25, 0.3) is 0 Å². The van der Waals surface area contributed by atoms with Crippen molar-refractivity contribution in [3.05, 3.63) is 33.8 Å². The summed E-state index contributed by atoms with van der Waals surface area (Å²) in [5.41, 5.74) is 1.67. The van der Waals surface area contributed by atoms with E-state index in [4.69, 9.17) is 4.74 Å². The maximum absolute atomic E-state index is 11.7. The largest absolute Gasteiger partial charge is 0.462 e. The maximum Gasteiger partial charge on any atom is 0.338 e. The van der Waals surface area contributed by atoms with Crippen molar-refractivity contribution in [2.24, 2.45) is 0 Å². The molecule has 0 radical (unpaired) electrons. The van der Waals surface area contributed by atoms with E-state index in [1.807, 2.05) is 19.1 Å². The Morgan fingerprint density at radius 3 is 2.71 bits per heavy atom. The van der Waals surface area contributed by atoms with Gasteiger partial charge in [-0.3, -0.25) is 0 Å². The zero-order chi connectivity index (χ0) is 12.7. The van der Waals surface area contributed by atoms with Gasteiger partial charge in [0.1, 0.15) is 0 Å². The van der Waals surface area contributed by atoms with Gasteiger partial charge >= 0.3 is 5.97 Å². The minimum atomic E-state index is -0.225. The Morgan fingerprint density at radius 1 is 1.29 bits per heavy atom. The summed E-state index contributed by atoms with van der Waals surface area (Å²) in [5, 5.41) is 0. The van der Waals surface area contributed by atoms with Crippen LogP contribution < -0.4 is 0 Å². The van der Waals surface area contributed by atoms with Crippen LogP contribution in [0.1, 0.15) is 48.5 Å². The Hall–Kier alpha value is -0.830. The van der Waals surface area contributed by atoms with Crippen molar-refractivity contribution >= 4 is 21.9 Å². The summed E-state index contributed by atoms with van der Waals surface area (Å²) in [5.74, 6) is -0.225. The van der Waals surface area contributed by atoms with Gasteiger partial charge in [0, 0.05) is 4.47 Å². The van der Waals surface area contributed by atoms with Crippen LogP contribution in [0.2, 0.25) is 0 Å². The zero-order valence-electron chi connectivity index (χ0n) is 10.5. The molecule has 0 unspecified atom stereocenters. The van der Waals surface area contributed by atoms with Crippen molar-refractivity contribution in [1.29, 1.82) is 0 Å². The second-order valence-corrected chi connectivity index (χ2v) is 5.01. The molecule has 0 aliphatic rings. The highest BCUT2D eigenvalue weighted by atomic mass is 79.9. The van der Waals surface area contributed by atoms with E-state index in [0.717, 1.165) is 22.9 Å². The smallest absolute Gasteiger partial charge is 0.338 e. The van der Waals surface area contributed by atoms with Gasteiger partial charge < -0.3 is 4.74 Å². The lowest BCUT2D eigenvalue weighted by Gasteiger charge is -2.06. The second-order valence-electron chi connectivity index (χ2n) is 4.16. The molecule has 2 nitrogen and oxygen atoms in total. The fourth-order valence-electron chi connectivity index (χ4n) is 1.55. The zero-order valence-corrected chi connectivity index (χ0v) is 12.0. The summed E-state index contributed by atoms with van der Waals surface area (Å²) >= 11 is 3.41. The van der Waals surface area contributed by atoms with E-state index in [9.17, 15) is 4.79 Å².